The average molecular weight is 295 g/mol. The van der Waals surface area contributed by atoms with E-state index in [0.717, 1.165) is 10.2 Å². The van der Waals surface area contributed by atoms with Gasteiger partial charge in [-0.25, -0.2) is 9.97 Å². The molecule has 7 heteroatoms. The van der Waals surface area contributed by atoms with E-state index in [1.54, 1.807) is 12.1 Å². The lowest BCUT2D eigenvalue weighted by Gasteiger charge is -1.98. The summed E-state index contributed by atoms with van der Waals surface area (Å²) in [4.78, 5) is 19.9. The molecule has 0 spiro atoms. The average Bonchev–Trinajstić information content (AvgIpc) is 2.96. The SMILES string of the molecule is O=C(O)Cc1ccc(-c2nc(Cl)c3ccsc3n2)o1. The highest BCUT2D eigenvalue weighted by molar-refractivity contribution is 7.16. The van der Waals surface area contributed by atoms with E-state index in [0.29, 0.717) is 22.5 Å². The zero-order valence-corrected chi connectivity index (χ0v) is 11.0. The number of furan rings is 1. The summed E-state index contributed by atoms with van der Waals surface area (Å²) in [6, 6.07) is 5.09. The molecular weight excluding hydrogens is 288 g/mol. The molecule has 3 rings (SSSR count). The standard InChI is InChI=1S/C12H7ClN2O3S/c13-10-7-3-4-19-12(7)15-11(14-10)8-2-1-6(18-8)5-9(16)17/h1-4H,5H2,(H,16,17). The van der Waals surface area contributed by atoms with Gasteiger partial charge in [-0.15, -0.1) is 11.3 Å². The first-order valence-corrected chi connectivity index (χ1v) is 6.61. The van der Waals surface area contributed by atoms with Gasteiger partial charge in [0, 0.05) is 5.39 Å². The summed E-state index contributed by atoms with van der Waals surface area (Å²) in [5.74, 6) is 0.173. The number of carboxylic acids is 1. The van der Waals surface area contributed by atoms with Gasteiger partial charge in [0.05, 0.1) is 0 Å². The molecule has 0 aromatic carbocycles. The van der Waals surface area contributed by atoms with Crippen molar-refractivity contribution in [1.82, 2.24) is 9.97 Å². The first-order valence-electron chi connectivity index (χ1n) is 5.35. The molecule has 0 radical (unpaired) electrons. The van der Waals surface area contributed by atoms with Crippen molar-refractivity contribution in [2.45, 2.75) is 6.42 Å². The van der Waals surface area contributed by atoms with Gasteiger partial charge in [0.1, 0.15) is 22.2 Å². The Morgan fingerprint density at radius 1 is 1.37 bits per heavy atom. The monoisotopic (exact) mass is 294 g/mol. The Labute approximate surface area is 116 Å². The molecule has 0 atom stereocenters. The summed E-state index contributed by atoms with van der Waals surface area (Å²) >= 11 is 7.52. The molecule has 0 aliphatic carbocycles. The van der Waals surface area contributed by atoms with Crippen LogP contribution in [0.5, 0.6) is 0 Å². The molecule has 1 N–H and O–H groups in total. The van der Waals surface area contributed by atoms with Crippen molar-refractivity contribution in [2.75, 3.05) is 0 Å². The molecule has 0 bridgehead atoms. The topological polar surface area (TPSA) is 76.2 Å². The van der Waals surface area contributed by atoms with Crippen molar-refractivity contribution in [3.63, 3.8) is 0 Å². The molecule has 0 saturated heterocycles. The molecular formula is C12H7ClN2O3S. The number of carbonyl (C=O) groups is 1. The summed E-state index contributed by atoms with van der Waals surface area (Å²) in [5.41, 5.74) is 0. The quantitative estimate of drug-likeness (QED) is 0.751. The molecule has 3 aromatic heterocycles. The normalized spacial score (nSPS) is 11.0. The van der Waals surface area contributed by atoms with Crippen LogP contribution in [0.3, 0.4) is 0 Å². The second kappa shape index (κ2) is 4.64. The molecule has 0 fully saturated rings. The number of rotatable bonds is 3. The van der Waals surface area contributed by atoms with Crippen LogP contribution in [0.2, 0.25) is 5.15 Å². The van der Waals surface area contributed by atoms with E-state index in [1.807, 2.05) is 11.4 Å². The Balaban J connectivity index is 2.03. The number of thiophene rings is 1. The highest BCUT2D eigenvalue weighted by Gasteiger charge is 2.13. The summed E-state index contributed by atoms with van der Waals surface area (Å²) in [5, 5.41) is 11.7. The Hall–Kier alpha value is -1.92. The van der Waals surface area contributed by atoms with Gasteiger partial charge >= 0.3 is 5.97 Å². The van der Waals surface area contributed by atoms with Crippen LogP contribution in [0.4, 0.5) is 0 Å². The first kappa shape index (κ1) is 12.1. The van der Waals surface area contributed by atoms with E-state index in [2.05, 4.69) is 9.97 Å². The van der Waals surface area contributed by atoms with Gasteiger partial charge in [0.15, 0.2) is 11.6 Å². The van der Waals surface area contributed by atoms with Crippen LogP contribution in [0, 0.1) is 0 Å². The lowest BCUT2D eigenvalue weighted by Crippen LogP contribution is -1.98. The fraction of sp³-hybridized carbons (Fsp3) is 0.0833. The zero-order chi connectivity index (χ0) is 13.4. The van der Waals surface area contributed by atoms with Crippen LogP contribution >= 0.6 is 22.9 Å². The largest absolute Gasteiger partial charge is 0.481 e. The number of aliphatic carboxylic acids is 1. The van der Waals surface area contributed by atoms with Gasteiger partial charge in [0.25, 0.3) is 0 Å². The highest BCUT2D eigenvalue weighted by Crippen LogP contribution is 2.28. The number of carboxylic acid groups (broad SMARTS) is 1. The van der Waals surface area contributed by atoms with Gasteiger partial charge < -0.3 is 9.52 Å². The van der Waals surface area contributed by atoms with Crippen LogP contribution in [0.15, 0.2) is 28.0 Å². The minimum Gasteiger partial charge on any atom is -0.481 e. The second-order valence-corrected chi connectivity index (χ2v) is 5.07. The number of aromatic nitrogens is 2. The fourth-order valence-corrected chi connectivity index (χ4v) is 2.72. The van der Waals surface area contributed by atoms with Crippen LogP contribution in [0.1, 0.15) is 5.76 Å². The summed E-state index contributed by atoms with van der Waals surface area (Å²) < 4.78 is 5.40. The fourth-order valence-electron chi connectivity index (χ4n) is 1.67. The van der Waals surface area contributed by atoms with Crippen LogP contribution in [0.25, 0.3) is 21.8 Å². The number of halogens is 1. The van der Waals surface area contributed by atoms with E-state index in [-0.39, 0.29) is 6.42 Å². The van der Waals surface area contributed by atoms with Gasteiger partial charge in [-0.3, -0.25) is 4.79 Å². The molecule has 0 saturated carbocycles. The first-order chi connectivity index (χ1) is 9.13. The van der Waals surface area contributed by atoms with Gasteiger partial charge in [-0.2, -0.15) is 0 Å². The van der Waals surface area contributed by atoms with Crippen molar-refractivity contribution in [3.05, 3.63) is 34.5 Å². The molecule has 19 heavy (non-hydrogen) atoms. The van der Waals surface area contributed by atoms with Crippen LogP contribution in [-0.4, -0.2) is 21.0 Å². The van der Waals surface area contributed by atoms with Gasteiger partial charge in [-0.05, 0) is 23.6 Å². The number of fused-ring (bicyclic) bond motifs is 1. The molecule has 0 amide bonds. The number of hydrogen-bond donors (Lipinski definition) is 1. The molecule has 5 nitrogen and oxygen atoms in total. The second-order valence-electron chi connectivity index (χ2n) is 3.81. The van der Waals surface area contributed by atoms with E-state index in [9.17, 15) is 4.79 Å². The van der Waals surface area contributed by atoms with E-state index in [4.69, 9.17) is 21.1 Å². The van der Waals surface area contributed by atoms with Crippen LogP contribution < -0.4 is 0 Å². The Bertz CT molecular complexity index is 765. The Kier molecular flexibility index (Phi) is 2.96. The van der Waals surface area contributed by atoms with Crippen molar-refractivity contribution in [1.29, 1.82) is 0 Å². The molecule has 0 unspecified atom stereocenters. The highest BCUT2D eigenvalue weighted by atomic mass is 35.5. The molecule has 3 aromatic rings. The summed E-state index contributed by atoms with van der Waals surface area (Å²) in [6.07, 6.45) is -0.172. The maximum Gasteiger partial charge on any atom is 0.311 e. The van der Waals surface area contributed by atoms with Crippen molar-refractivity contribution in [2.24, 2.45) is 0 Å². The maximum absolute atomic E-state index is 10.6. The minimum atomic E-state index is -0.950. The lowest BCUT2D eigenvalue weighted by molar-refractivity contribution is -0.136. The molecule has 96 valence electrons. The maximum atomic E-state index is 10.6. The molecule has 0 aliphatic rings. The molecule has 0 aliphatic heterocycles. The van der Waals surface area contributed by atoms with E-state index in [1.165, 1.54) is 11.3 Å². The third-order valence-corrected chi connectivity index (χ3v) is 3.58. The van der Waals surface area contributed by atoms with Crippen molar-refractivity contribution < 1.29 is 14.3 Å². The van der Waals surface area contributed by atoms with Crippen LogP contribution in [-0.2, 0) is 11.2 Å². The smallest absolute Gasteiger partial charge is 0.311 e. The lowest BCUT2D eigenvalue weighted by atomic mass is 10.3. The third kappa shape index (κ3) is 2.32. The molecule has 3 heterocycles. The van der Waals surface area contributed by atoms with Gasteiger partial charge in [-0.1, -0.05) is 11.6 Å². The Morgan fingerprint density at radius 2 is 2.21 bits per heavy atom. The Morgan fingerprint density at radius 3 is 3.00 bits per heavy atom. The summed E-state index contributed by atoms with van der Waals surface area (Å²) in [6.45, 7) is 0. The predicted molar refractivity (Wildman–Crippen MR) is 71.5 cm³/mol. The number of nitrogens with zero attached hydrogens (tertiary/aromatic N) is 2. The third-order valence-electron chi connectivity index (χ3n) is 2.49. The van der Waals surface area contributed by atoms with E-state index < -0.39 is 5.97 Å². The van der Waals surface area contributed by atoms with Crippen molar-refractivity contribution >= 4 is 39.1 Å². The zero-order valence-electron chi connectivity index (χ0n) is 9.46. The summed E-state index contributed by atoms with van der Waals surface area (Å²) in [7, 11) is 0. The van der Waals surface area contributed by atoms with Crippen molar-refractivity contribution in [3.8, 4) is 11.6 Å². The number of hydrogen-bond acceptors (Lipinski definition) is 5. The predicted octanol–water partition coefficient (Wildman–Crippen LogP) is 3.23. The van der Waals surface area contributed by atoms with E-state index >= 15 is 0 Å². The van der Waals surface area contributed by atoms with Gasteiger partial charge in [0.2, 0.25) is 0 Å². The minimum absolute atomic E-state index is 0.172.